The van der Waals surface area contributed by atoms with Gasteiger partial charge in [0, 0.05) is 0 Å². The van der Waals surface area contributed by atoms with Crippen LogP contribution in [0.5, 0.6) is 5.75 Å². The van der Waals surface area contributed by atoms with Crippen molar-refractivity contribution in [3.63, 3.8) is 0 Å². The predicted molar refractivity (Wildman–Crippen MR) is 116 cm³/mol. The highest BCUT2D eigenvalue weighted by molar-refractivity contribution is 7.18. The molecule has 1 N–H and O–H groups in total. The number of rotatable bonds is 8. The van der Waals surface area contributed by atoms with Crippen molar-refractivity contribution in [1.29, 1.82) is 0 Å². The van der Waals surface area contributed by atoms with Gasteiger partial charge in [0.25, 0.3) is 5.91 Å². The van der Waals surface area contributed by atoms with E-state index in [-0.39, 0.29) is 34.8 Å². The number of nitrogens with one attached hydrogen (secondary N) is 1. The first kappa shape index (κ1) is 23.4. The van der Waals surface area contributed by atoms with Gasteiger partial charge in [-0.15, -0.1) is 11.3 Å². The van der Waals surface area contributed by atoms with E-state index in [0.29, 0.717) is 11.3 Å². The fraction of sp³-hybridized carbons (Fsp3) is 0.409. The summed E-state index contributed by atoms with van der Waals surface area (Å²) in [6.45, 7) is 10.5. The molecule has 2 aromatic rings. The van der Waals surface area contributed by atoms with Crippen molar-refractivity contribution >= 4 is 34.2 Å². The molecular weight excluding hydrogens is 406 g/mol. The molecule has 0 atom stereocenters. The van der Waals surface area contributed by atoms with Crippen LogP contribution in [-0.4, -0.2) is 37.2 Å². The highest BCUT2D eigenvalue weighted by Crippen LogP contribution is 2.34. The van der Waals surface area contributed by atoms with E-state index in [1.807, 2.05) is 32.0 Å². The van der Waals surface area contributed by atoms with Crippen LogP contribution < -0.4 is 10.1 Å². The molecule has 0 aliphatic heterocycles. The highest BCUT2D eigenvalue weighted by atomic mass is 32.1. The van der Waals surface area contributed by atoms with Gasteiger partial charge in [0.1, 0.15) is 15.6 Å². The first-order valence-corrected chi connectivity index (χ1v) is 10.5. The summed E-state index contributed by atoms with van der Waals surface area (Å²) >= 11 is 0.984. The molecule has 30 heavy (non-hydrogen) atoms. The van der Waals surface area contributed by atoms with Crippen LogP contribution in [0.3, 0.4) is 0 Å². The molecular formula is C22H27NO6S. The van der Waals surface area contributed by atoms with E-state index in [1.165, 1.54) is 0 Å². The Balaban J connectivity index is 2.25. The third kappa shape index (κ3) is 5.60. The largest absolute Gasteiger partial charge is 0.483 e. The maximum atomic E-state index is 12.5. The molecule has 1 amide bonds. The van der Waals surface area contributed by atoms with Crippen molar-refractivity contribution in [3.8, 4) is 5.75 Å². The fourth-order valence-electron chi connectivity index (χ4n) is 2.84. The minimum Gasteiger partial charge on any atom is -0.483 e. The molecule has 7 nitrogen and oxygen atoms in total. The van der Waals surface area contributed by atoms with E-state index in [1.54, 1.807) is 27.7 Å². The van der Waals surface area contributed by atoms with Gasteiger partial charge in [0.2, 0.25) is 0 Å². The summed E-state index contributed by atoms with van der Waals surface area (Å²) in [6.07, 6.45) is -0.311. The summed E-state index contributed by atoms with van der Waals surface area (Å²) in [4.78, 5) is 37.6. The van der Waals surface area contributed by atoms with E-state index >= 15 is 0 Å². The highest BCUT2D eigenvalue weighted by Gasteiger charge is 2.28. The average Bonchev–Trinajstić information content (AvgIpc) is 2.97. The van der Waals surface area contributed by atoms with Gasteiger partial charge in [-0.3, -0.25) is 4.79 Å². The molecule has 0 saturated carbocycles. The van der Waals surface area contributed by atoms with Crippen LogP contribution in [0.15, 0.2) is 18.2 Å². The molecule has 1 heterocycles. The Morgan fingerprint density at radius 3 is 2.27 bits per heavy atom. The Kier molecular flexibility index (Phi) is 8.00. The van der Waals surface area contributed by atoms with Crippen LogP contribution in [0.4, 0.5) is 5.00 Å². The van der Waals surface area contributed by atoms with E-state index in [4.69, 9.17) is 14.2 Å². The first-order valence-electron chi connectivity index (χ1n) is 9.66. The second-order valence-electron chi connectivity index (χ2n) is 6.99. The molecule has 1 aromatic carbocycles. The normalized spacial score (nSPS) is 10.6. The third-order valence-corrected chi connectivity index (χ3v) is 5.35. The molecule has 0 saturated heterocycles. The Labute approximate surface area is 180 Å². The smallest absolute Gasteiger partial charge is 0.348 e. The SMILES string of the molecule is CCOC(=O)c1c(NC(=O)COc2c(C)cccc2C)sc(C(=O)OC(C)C)c1C. The summed E-state index contributed by atoms with van der Waals surface area (Å²) in [5.74, 6) is -0.971. The Morgan fingerprint density at radius 1 is 1.07 bits per heavy atom. The second kappa shape index (κ2) is 10.2. The lowest BCUT2D eigenvalue weighted by Crippen LogP contribution is -2.21. The van der Waals surface area contributed by atoms with Crippen molar-refractivity contribution in [3.05, 3.63) is 45.3 Å². The van der Waals surface area contributed by atoms with Crippen molar-refractivity contribution in [2.75, 3.05) is 18.5 Å². The minimum absolute atomic E-state index is 0.151. The standard InChI is InChI=1S/C22H27NO6S/c1-7-27-21(25)17-15(6)19(22(26)29-12(2)3)30-20(17)23-16(24)11-28-18-13(4)9-8-10-14(18)5/h8-10,12H,7,11H2,1-6H3,(H,23,24). The Morgan fingerprint density at radius 2 is 1.70 bits per heavy atom. The van der Waals surface area contributed by atoms with Crippen LogP contribution in [0.2, 0.25) is 0 Å². The molecule has 2 rings (SSSR count). The van der Waals surface area contributed by atoms with Crippen LogP contribution in [0, 0.1) is 20.8 Å². The molecule has 0 aliphatic rings. The number of amides is 1. The summed E-state index contributed by atoms with van der Waals surface area (Å²) in [5, 5.41) is 2.91. The van der Waals surface area contributed by atoms with Crippen LogP contribution in [0.1, 0.15) is 57.5 Å². The molecule has 162 valence electrons. The lowest BCUT2D eigenvalue weighted by atomic mass is 10.1. The van der Waals surface area contributed by atoms with E-state index in [9.17, 15) is 14.4 Å². The third-order valence-electron chi connectivity index (χ3n) is 4.16. The number of thiophene rings is 1. The number of carbonyl (C=O) groups excluding carboxylic acids is 3. The second-order valence-corrected chi connectivity index (χ2v) is 8.01. The molecule has 0 aliphatic carbocycles. The van der Waals surface area contributed by atoms with Crippen molar-refractivity contribution < 1.29 is 28.6 Å². The molecule has 0 bridgehead atoms. The summed E-state index contributed by atoms with van der Waals surface area (Å²) in [7, 11) is 0. The van der Waals surface area contributed by atoms with E-state index in [2.05, 4.69) is 5.32 Å². The van der Waals surface area contributed by atoms with Gasteiger partial charge >= 0.3 is 11.9 Å². The Hall–Kier alpha value is -2.87. The van der Waals surface area contributed by atoms with Gasteiger partial charge in [-0.1, -0.05) is 18.2 Å². The summed E-state index contributed by atoms with van der Waals surface area (Å²) < 4.78 is 16.0. The van der Waals surface area contributed by atoms with Gasteiger partial charge in [0.15, 0.2) is 6.61 Å². The van der Waals surface area contributed by atoms with Crippen molar-refractivity contribution in [2.24, 2.45) is 0 Å². The summed E-state index contributed by atoms with van der Waals surface area (Å²) in [5.41, 5.74) is 2.40. The number of aryl methyl sites for hydroxylation is 2. The van der Waals surface area contributed by atoms with Gasteiger partial charge in [0.05, 0.1) is 18.3 Å². The topological polar surface area (TPSA) is 90.9 Å². The maximum absolute atomic E-state index is 12.5. The number of esters is 2. The number of carbonyl (C=O) groups is 3. The quantitative estimate of drug-likeness (QED) is 0.619. The zero-order chi connectivity index (χ0) is 22.4. The zero-order valence-corrected chi connectivity index (χ0v) is 18.9. The predicted octanol–water partition coefficient (Wildman–Crippen LogP) is 4.43. The first-order chi connectivity index (χ1) is 14.1. The van der Waals surface area contributed by atoms with Gasteiger partial charge < -0.3 is 19.5 Å². The lowest BCUT2D eigenvalue weighted by Gasteiger charge is -2.12. The summed E-state index contributed by atoms with van der Waals surface area (Å²) in [6, 6.07) is 5.71. The molecule has 8 heteroatoms. The van der Waals surface area contributed by atoms with Crippen LogP contribution in [0.25, 0.3) is 0 Å². The van der Waals surface area contributed by atoms with E-state index in [0.717, 1.165) is 22.5 Å². The van der Waals surface area contributed by atoms with Gasteiger partial charge in [-0.2, -0.15) is 0 Å². The number of benzene rings is 1. The molecule has 0 unspecified atom stereocenters. The minimum atomic E-state index is -0.610. The maximum Gasteiger partial charge on any atom is 0.348 e. The molecule has 0 spiro atoms. The van der Waals surface area contributed by atoms with Gasteiger partial charge in [-0.25, -0.2) is 9.59 Å². The van der Waals surface area contributed by atoms with Crippen molar-refractivity contribution in [2.45, 2.75) is 47.6 Å². The number of hydrogen-bond acceptors (Lipinski definition) is 7. The Bertz CT molecular complexity index is 927. The lowest BCUT2D eigenvalue weighted by molar-refractivity contribution is -0.118. The number of ether oxygens (including phenoxy) is 3. The zero-order valence-electron chi connectivity index (χ0n) is 18.1. The van der Waals surface area contributed by atoms with E-state index < -0.39 is 17.8 Å². The van der Waals surface area contributed by atoms with Gasteiger partial charge in [-0.05, 0) is 58.2 Å². The van der Waals surface area contributed by atoms with Crippen LogP contribution >= 0.6 is 11.3 Å². The number of hydrogen-bond donors (Lipinski definition) is 1. The average molecular weight is 434 g/mol. The monoisotopic (exact) mass is 433 g/mol. The molecule has 0 fully saturated rings. The molecule has 0 radical (unpaired) electrons. The number of para-hydroxylation sites is 1. The van der Waals surface area contributed by atoms with Crippen molar-refractivity contribution in [1.82, 2.24) is 0 Å². The van der Waals surface area contributed by atoms with Crippen LogP contribution in [-0.2, 0) is 14.3 Å². The molecule has 1 aromatic heterocycles. The fourth-order valence-corrected chi connectivity index (χ4v) is 3.93. The number of anilines is 1.